The molecule has 0 fully saturated rings. The number of ether oxygens (including phenoxy) is 1. The zero-order valence-electron chi connectivity index (χ0n) is 15.4. The van der Waals surface area contributed by atoms with Crippen molar-refractivity contribution in [1.29, 1.82) is 0 Å². The first-order chi connectivity index (χ1) is 12.6. The summed E-state index contributed by atoms with van der Waals surface area (Å²) in [5.41, 5.74) is 0.951. The summed E-state index contributed by atoms with van der Waals surface area (Å²) < 4.78 is 31.1. The number of hydrogen-bond donors (Lipinski definition) is 2. The van der Waals surface area contributed by atoms with E-state index in [1.165, 1.54) is 24.3 Å². The molecular weight excluding hydrogens is 409 g/mol. The molecule has 1 unspecified atom stereocenters. The molecule has 0 aliphatic rings. The van der Waals surface area contributed by atoms with Gasteiger partial charge in [-0.05, 0) is 31.2 Å². The summed E-state index contributed by atoms with van der Waals surface area (Å²) in [6, 6.07) is 9.52. The third-order valence-corrected chi connectivity index (χ3v) is 6.61. The van der Waals surface area contributed by atoms with E-state index in [0.29, 0.717) is 6.54 Å². The van der Waals surface area contributed by atoms with Gasteiger partial charge < -0.3 is 15.2 Å². The fraction of sp³-hybridized carbons (Fsp3) is 0.368. The summed E-state index contributed by atoms with van der Waals surface area (Å²) in [5.74, 6) is 0.216. The SMILES string of the molecule is Cc1ccc(S(=O)(=O)c2ccc(OCC(O)CNC(C)C)c(Cl)c2Cl)cc1. The highest BCUT2D eigenvalue weighted by Gasteiger charge is 2.24. The van der Waals surface area contributed by atoms with E-state index >= 15 is 0 Å². The van der Waals surface area contributed by atoms with Crippen LogP contribution in [0, 0.1) is 6.92 Å². The molecule has 27 heavy (non-hydrogen) atoms. The number of benzene rings is 2. The highest BCUT2D eigenvalue weighted by molar-refractivity contribution is 7.91. The first kappa shape index (κ1) is 22.0. The molecule has 8 heteroatoms. The van der Waals surface area contributed by atoms with Gasteiger partial charge in [-0.2, -0.15) is 0 Å². The minimum Gasteiger partial charge on any atom is -0.489 e. The van der Waals surface area contributed by atoms with Crippen molar-refractivity contribution in [1.82, 2.24) is 5.32 Å². The maximum Gasteiger partial charge on any atom is 0.208 e. The average molecular weight is 432 g/mol. The standard InChI is InChI=1S/C19H23Cl2NO4S/c1-12(2)22-10-14(23)11-26-16-8-9-17(19(21)18(16)20)27(24,25)15-6-4-13(3)5-7-15/h4-9,12,14,22-23H,10-11H2,1-3H3. The van der Waals surface area contributed by atoms with Crippen LogP contribution in [0.3, 0.4) is 0 Å². The van der Waals surface area contributed by atoms with E-state index in [1.807, 2.05) is 20.8 Å². The molecule has 0 aliphatic heterocycles. The number of halogens is 2. The second kappa shape index (κ2) is 9.26. The Kier molecular flexibility index (Phi) is 7.54. The summed E-state index contributed by atoms with van der Waals surface area (Å²) in [5, 5.41) is 12.9. The van der Waals surface area contributed by atoms with E-state index in [9.17, 15) is 13.5 Å². The lowest BCUT2D eigenvalue weighted by molar-refractivity contribution is 0.104. The molecule has 0 spiro atoms. The maximum atomic E-state index is 12.8. The molecule has 0 heterocycles. The van der Waals surface area contributed by atoms with Crippen LogP contribution in [0.25, 0.3) is 0 Å². The number of rotatable bonds is 8. The van der Waals surface area contributed by atoms with E-state index in [2.05, 4.69) is 5.32 Å². The molecule has 0 saturated carbocycles. The monoisotopic (exact) mass is 431 g/mol. The molecule has 2 aromatic rings. The molecule has 0 aromatic heterocycles. The fourth-order valence-corrected chi connectivity index (χ4v) is 4.36. The molecule has 0 aliphatic carbocycles. The maximum absolute atomic E-state index is 12.8. The van der Waals surface area contributed by atoms with Gasteiger partial charge in [0.25, 0.3) is 0 Å². The van der Waals surface area contributed by atoms with Crippen molar-refractivity contribution in [3.05, 3.63) is 52.0 Å². The normalized spacial score (nSPS) is 13.0. The molecule has 2 rings (SSSR count). The number of aliphatic hydroxyl groups excluding tert-OH is 1. The van der Waals surface area contributed by atoms with Gasteiger partial charge in [-0.3, -0.25) is 0 Å². The van der Waals surface area contributed by atoms with E-state index in [0.717, 1.165) is 5.56 Å². The van der Waals surface area contributed by atoms with Crippen LogP contribution in [0.5, 0.6) is 5.75 Å². The number of hydrogen-bond acceptors (Lipinski definition) is 5. The molecule has 0 amide bonds. The number of sulfone groups is 1. The van der Waals surface area contributed by atoms with Gasteiger partial charge in [-0.25, -0.2) is 8.42 Å². The topological polar surface area (TPSA) is 75.6 Å². The lowest BCUT2D eigenvalue weighted by atomic mass is 10.2. The first-order valence-corrected chi connectivity index (χ1v) is 10.7. The molecule has 2 aromatic carbocycles. The van der Waals surface area contributed by atoms with Crippen molar-refractivity contribution in [2.24, 2.45) is 0 Å². The van der Waals surface area contributed by atoms with Gasteiger partial charge in [0.15, 0.2) is 0 Å². The highest BCUT2D eigenvalue weighted by Crippen LogP contribution is 2.38. The van der Waals surface area contributed by atoms with Gasteiger partial charge in [0.05, 0.1) is 14.8 Å². The quantitative estimate of drug-likeness (QED) is 0.663. The van der Waals surface area contributed by atoms with Crippen LogP contribution in [0.15, 0.2) is 46.2 Å². The summed E-state index contributed by atoms with van der Waals surface area (Å²) in [6.07, 6.45) is -0.738. The van der Waals surface area contributed by atoms with Crippen LogP contribution in [-0.2, 0) is 9.84 Å². The summed E-state index contributed by atoms with van der Waals surface area (Å²) >= 11 is 12.4. The summed E-state index contributed by atoms with van der Waals surface area (Å²) in [4.78, 5) is 0.0438. The molecule has 0 bridgehead atoms. The summed E-state index contributed by atoms with van der Waals surface area (Å²) in [6.45, 7) is 6.18. The van der Waals surface area contributed by atoms with Gasteiger partial charge in [-0.1, -0.05) is 54.7 Å². The second-order valence-corrected chi connectivity index (χ2v) is 9.21. The summed E-state index contributed by atoms with van der Waals surface area (Å²) in [7, 11) is -3.81. The highest BCUT2D eigenvalue weighted by atomic mass is 35.5. The van der Waals surface area contributed by atoms with Crippen molar-refractivity contribution in [2.75, 3.05) is 13.2 Å². The minimum atomic E-state index is -3.81. The van der Waals surface area contributed by atoms with Gasteiger partial charge in [0, 0.05) is 12.6 Å². The number of aliphatic hydroxyl groups is 1. The van der Waals surface area contributed by atoms with Crippen molar-refractivity contribution in [3.8, 4) is 5.75 Å². The lowest BCUT2D eigenvalue weighted by Gasteiger charge is -2.16. The second-order valence-electron chi connectivity index (χ2n) is 6.53. The molecule has 148 valence electrons. The Labute approximate surface area is 170 Å². The molecule has 0 saturated heterocycles. The Morgan fingerprint density at radius 1 is 1.07 bits per heavy atom. The van der Waals surface area contributed by atoms with E-state index < -0.39 is 15.9 Å². The number of aryl methyl sites for hydroxylation is 1. The van der Waals surface area contributed by atoms with E-state index in [1.54, 1.807) is 12.1 Å². The van der Waals surface area contributed by atoms with Gasteiger partial charge in [0.2, 0.25) is 9.84 Å². The number of nitrogens with one attached hydrogen (secondary N) is 1. The van der Waals surface area contributed by atoms with Gasteiger partial charge in [0.1, 0.15) is 23.5 Å². The van der Waals surface area contributed by atoms with Crippen molar-refractivity contribution >= 4 is 33.0 Å². The van der Waals surface area contributed by atoms with E-state index in [4.69, 9.17) is 27.9 Å². The average Bonchev–Trinajstić information content (AvgIpc) is 2.61. The first-order valence-electron chi connectivity index (χ1n) is 8.47. The molecule has 1 atom stereocenters. The fourth-order valence-electron chi connectivity index (χ4n) is 2.29. The lowest BCUT2D eigenvalue weighted by Crippen LogP contribution is -2.35. The van der Waals surface area contributed by atoms with Crippen LogP contribution in [0.4, 0.5) is 0 Å². The van der Waals surface area contributed by atoms with Crippen molar-refractivity contribution in [3.63, 3.8) is 0 Å². The van der Waals surface area contributed by atoms with Crippen LogP contribution in [0.2, 0.25) is 10.0 Å². The van der Waals surface area contributed by atoms with Gasteiger partial charge in [-0.15, -0.1) is 0 Å². The molecule has 0 radical (unpaired) electrons. The zero-order valence-corrected chi connectivity index (χ0v) is 17.7. The third kappa shape index (κ3) is 5.59. The Balaban J connectivity index is 2.20. The minimum absolute atomic E-state index is 0.000171. The van der Waals surface area contributed by atoms with E-state index in [-0.39, 0.29) is 38.2 Å². The molecular formula is C19H23Cl2NO4S. The molecule has 5 nitrogen and oxygen atoms in total. The predicted molar refractivity (Wildman–Crippen MR) is 108 cm³/mol. The Hall–Kier alpha value is -1.31. The predicted octanol–water partition coefficient (Wildman–Crippen LogP) is 3.87. The Morgan fingerprint density at radius 2 is 1.70 bits per heavy atom. The van der Waals surface area contributed by atoms with Crippen LogP contribution >= 0.6 is 23.2 Å². The van der Waals surface area contributed by atoms with Crippen molar-refractivity contribution < 1.29 is 18.3 Å². The largest absolute Gasteiger partial charge is 0.489 e. The smallest absolute Gasteiger partial charge is 0.208 e. The Morgan fingerprint density at radius 3 is 2.30 bits per heavy atom. The van der Waals surface area contributed by atoms with Crippen LogP contribution < -0.4 is 10.1 Å². The van der Waals surface area contributed by atoms with Crippen molar-refractivity contribution in [2.45, 2.75) is 42.7 Å². The third-order valence-electron chi connectivity index (χ3n) is 3.83. The Bertz CT molecular complexity index is 883. The van der Waals surface area contributed by atoms with Crippen LogP contribution in [0.1, 0.15) is 19.4 Å². The molecule has 2 N–H and O–H groups in total. The van der Waals surface area contributed by atoms with Crippen LogP contribution in [-0.4, -0.2) is 38.8 Å². The zero-order chi connectivity index (χ0) is 20.2. The van der Waals surface area contributed by atoms with Gasteiger partial charge >= 0.3 is 0 Å².